The maximum absolute atomic E-state index is 12.5. The summed E-state index contributed by atoms with van der Waals surface area (Å²) in [5.74, 6) is -0.0913. The van der Waals surface area contributed by atoms with Gasteiger partial charge in [0.2, 0.25) is 0 Å². The SMILES string of the molecule is N[C@@H]1[C@@H](c2ccccc2)[C@H]1S(=O)(=O)c1ccccc1. The van der Waals surface area contributed by atoms with Crippen LogP contribution in [0.3, 0.4) is 0 Å². The molecule has 0 heterocycles. The highest BCUT2D eigenvalue weighted by Crippen LogP contribution is 2.46. The fraction of sp³-hybridized carbons (Fsp3) is 0.200. The molecule has 19 heavy (non-hydrogen) atoms. The minimum Gasteiger partial charge on any atom is -0.326 e. The van der Waals surface area contributed by atoms with Crippen LogP contribution < -0.4 is 5.73 Å². The Balaban J connectivity index is 1.93. The van der Waals surface area contributed by atoms with Gasteiger partial charge in [-0.05, 0) is 17.7 Å². The van der Waals surface area contributed by atoms with E-state index >= 15 is 0 Å². The van der Waals surface area contributed by atoms with E-state index < -0.39 is 15.1 Å². The van der Waals surface area contributed by atoms with Crippen molar-refractivity contribution in [3.05, 3.63) is 66.2 Å². The fourth-order valence-electron chi connectivity index (χ4n) is 2.56. The molecule has 3 nitrogen and oxygen atoms in total. The Labute approximate surface area is 113 Å². The topological polar surface area (TPSA) is 60.2 Å². The first-order chi connectivity index (χ1) is 9.12. The highest BCUT2D eigenvalue weighted by Gasteiger charge is 2.56. The fourth-order valence-corrected chi connectivity index (χ4v) is 4.63. The zero-order chi connectivity index (χ0) is 13.5. The Bertz CT molecular complexity index is 668. The minimum atomic E-state index is -3.34. The van der Waals surface area contributed by atoms with Crippen LogP contribution in [0.1, 0.15) is 11.5 Å². The largest absolute Gasteiger partial charge is 0.326 e. The van der Waals surface area contributed by atoms with Gasteiger partial charge in [0.1, 0.15) is 0 Å². The van der Waals surface area contributed by atoms with Crippen molar-refractivity contribution in [1.29, 1.82) is 0 Å². The third-order valence-corrected chi connectivity index (χ3v) is 5.87. The van der Waals surface area contributed by atoms with Gasteiger partial charge in [0.25, 0.3) is 0 Å². The molecule has 0 radical (unpaired) electrons. The number of hydrogen-bond acceptors (Lipinski definition) is 3. The number of sulfone groups is 1. The normalized spacial score (nSPS) is 26.1. The second-order valence-electron chi connectivity index (χ2n) is 4.84. The van der Waals surface area contributed by atoms with Crippen LogP contribution in [0.15, 0.2) is 65.6 Å². The van der Waals surface area contributed by atoms with E-state index in [2.05, 4.69) is 0 Å². The molecule has 1 aliphatic rings. The van der Waals surface area contributed by atoms with E-state index in [-0.39, 0.29) is 12.0 Å². The summed E-state index contributed by atoms with van der Waals surface area (Å²) < 4.78 is 25.0. The summed E-state index contributed by atoms with van der Waals surface area (Å²) in [7, 11) is -3.34. The van der Waals surface area contributed by atoms with Crippen LogP contribution in [0.2, 0.25) is 0 Å². The second-order valence-corrected chi connectivity index (χ2v) is 6.94. The summed E-state index contributed by atoms with van der Waals surface area (Å²) in [6.07, 6.45) is 0. The van der Waals surface area contributed by atoms with Crippen molar-refractivity contribution in [3.8, 4) is 0 Å². The van der Waals surface area contributed by atoms with Gasteiger partial charge in [-0.25, -0.2) is 8.42 Å². The molecule has 3 atom stereocenters. The third kappa shape index (κ3) is 2.07. The van der Waals surface area contributed by atoms with E-state index in [1.54, 1.807) is 30.3 Å². The second kappa shape index (κ2) is 4.47. The summed E-state index contributed by atoms with van der Waals surface area (Å²) in [6, 6.07) is 17.8. The Hall–Kier alpha value is -1.65. The van der Waals surface area contributed by atoms with Gasteiger partial charge in [0.15, 0.2) is 9.84 Å². The molecule has 3 rings (SSSR count). The van der Waals surface area contributed by atoms with E-state index in [9.17, 15) is 8.42 Å². The average molecular weight is 273 g/mol. The molecule has 0 spiro atoms. The molecule has 0 saturated heterocycles. The zero-order valence-electron chi connectivity index (χ0n) is 10.3. The van der Waals surface area contributed by atoms with Gasteiger partial charge in [-0.1, -0.05) is 48.5 Å². The Kier molecular flexibility index (Phi) is 2.92. The van der Waals surface area contributed by atoms with Gasteiger partial charge >= 0.3 is 0 Å². The lowest BCUT2D eigenvalue weighted by Gasteiger charge is -2.03. The van der Waals surface area contributed by atoms with E-state index in [4.69, 9.17) is 5.73 Å². The zero-order valence-corrected chi connectivity index (χ0v) is 11.1. The van der Waals surface area contributed by atoms with Gasteiger partial charge in [0, 0.05) is 12.0 Å². The average Bonchev–Trinajstić information content (AvgIpc) is 3.13. The Morgan fingerprint density at radius 1 is 0.842 bits per heavy atom. The van der Waals surface area contributed by atoms with Crippen molar-refractivity contribution in [1.82, 2.24) is 0 Å². The van der Waals surface area contributed by atoms with Crippen LogP contribution in [0.4, 0.5) is 0 Å². The van der Waals surface area contributed by atoms with E-state index in [1.165, 1.54) is 0 Å². The molecule has 1 aliphatic carbocycles. The molecule has 0 bridgehead atoms. The molecule has 1 fully saturated rings. The molecule has 1 saturated carbocycles. The summed E-state index contributed by atoms with van der Waals surface area (Å²) in [5, 5.41) is -0.503. The van der Waals surface area contributed by atoms with Crippen LogP contribution in [-0.4, -0.2) is 19.7 Å². The lowest BCUT2D eigenvalue weighted by molar-refractivity contribution is 0.593. The van der Waals surface area contributed by atoms with Gasteiger partial charge in [-0.15, -0.1) is 0 Å². The summed E-state index contributed by atoms with van der Waals surface area (Å²) in [4.78, 5) is 0.355. The van der Waals surface area contributed by atoms with E-state index in [0.717, 1.165) is 5.56 Å². The first-order valence-electron chi connectivity index (χ1n) is 6.22. The van der Waals surface area contributed by atoms with Gasteiger partial charge in [-0.3, -0.25) is 0 Å². The molecule has 2 aromatic carbocycles. The van der Waals surface area contributed by atoms with Gasteiger partial charge in [0.05, 0.1) is 10.1 Å². The van der Waals surface area contributed by atoms with Gasteiger partial charge in [-0.2, -0.15) is 0 Å². The number of benzene rings is 2. The Morgan fingerprint density at radius 3 is 1.95 bits per heavy atom. The smallest absolute Gasteiger partial charge is 0.183 e. The number of nitrogens with two attached hydrogens (primary N) is 1. The van der Waals surface area contributed by atoms with Gasteiger partial charge < -0.3 is 5.73 Å². The first kappa shape index (κ1) is 12.4. The van der Waals surface area contributed by atoms with Crippen LogP contribution in [0.25, 0.3) is 0 Å². The molecule has 2 N–H and O–H groups in total. The third-order valence-electron chi connectivity index (χ3n) is 3.62. The Morgan fingerprint density at radius 2 is 1.37 bits per heavy atom. The maximum Gasteiger partial charge on any atom is 0.183 e. The van der Waals surface area contributed by atoms with Crippen molar-refractivity contribution in [2.45, 2.75) is 22.1 Å². The van der Waals surface area contributed by atoms with Crippen molar-refractivity contribution in [2.75, 3.05) is 0 Å². The molecule has 0 aliphatic heterocycles. The van der Waals surface area contributed by atoms with Crippen LogP contribution in [0.5, 0.6) is 0 Å². The quantitative estimate of drug-likeness (QED) is 0.930. The lowest BCUT2D eigenvalue weighted by atomic mass is 10.1. The predicted octanol–water partition coefficient (Wildman–Crippen LogP) is 1.95. The monoisotopic (exact) mass is 273 g/mol. The molecule has 0 aromatic heterocycles. The van der Waals surface area contributed by atoms with Crippen molar-refractivity contribution in [2.24, 2.45) is 5.73 Å². The maximum atomic E-state index is 12.5. The van der Waals surface area contributed by atoms with Crippen molar-refractivity contribution >= 4 is 9.84 Å². The minimum absolute atomic E-state index is 0.0913. The van der Waals surface area contributed by atoms with Crippen LogP contribution in [0, 0.1) is 0 Å². The van der Waals surface area contributed by atoms with E-state index in [1.807, 2.05) is 30.3 Å². The van der Waals surface area contributed by atoms with Crippen LogP contribution in [-0.2, 0) is 9.84 Å². The molecule has 0 unspecified atom stereocenters. The molecule has 2 aromatic rings. The highest BCUT2D eigenvalue weighted by molar-refractivity contribution is 7.92. The van der Waals surface area contributed by atoms with Crippen LogP contribution >= 0.6 is 0 Å². The molecular weight excluding hydrogens is 258 g/mol. The number of hydrogen-bond donors (Lipinski definition) is 1. The highest BCUT2D eigenvalue weighted by atomic mass is 32.2. The van der Waals surface area contributed by atoms with Crippen molar-refractivity contribution < 1.29 is 8.42 Å². The molecule has 98 valence electrons. The van der Waals surface area contributed by atoms with Crippen molar-refractivity contribution in [3.63, 3.8) is 0 Å². The molecule has 0 amide bonds. The molecular formula is C15H15NO2S. The standard InChI is InChI=1S/C15H15NO2S/c16-14-13(11-7-3-1-4-8-11)15(14)19(17,18)12-9-5-2-6-10-12/h1-10,13-15H,16H2/t13-,14-,15-/m1/s1. The van der Waals surface area contributed by atoms with E-state index in [0.29, 0.717) is 4.90 Å². The summed E-state index contributed by atoms with van der Waals surface area (Å²) in [6.45, 7) is 0. The predicted molar refractivity (Wildman–Crippen MR) is 74.6 cm³/mol. The summed E-state index contributed by atoms with van der Waals surface area (Å²) >= 11 is 0. The first-order valence-corrected chi connectivity index (χ1v) is 7.76. The number of rotatable bonds is 3. The summed E-state index contributed by atoms with van der Waals surface area (Å²) in [5.41, 5.74) is 6.99. The lowest BCUT2D eigenvalue weighted by Crippen LogP contribution is -2.15. The molecule has 4 heteroatoms.